The van der Waals surface area contributed by atoms with E-state index in [4.69, 9.17) is 4.74 Å². The minimum Gasteiger partial charge on any atom is -0.491 e. The predicted octanol–water partition coefficient (Wildman–Crippen LogP) is 4.34. The summed E-state index contributed by atoms with van der Waals surface area (Å²) < 4.78 is 5.94. The smallest absolute Gasteiger partial charge is 0.145 e. The van der Waals surface area contributed by atoms with Crippen molar-refractivity contribution in [2.24, 2.45) is 5.41 Å². The average Bonchev–Trinajstić information content (AvgIpc) is 2.36. The molecule has 2 nitrogen and oxygen atoms in total. The molecule has 1 aromatic heterocycles. The van der Waals surface area contributed by atoms with Gasteiger partial charge in [0, 0.05) is 21.8 Å². The lowest BCUT2D eigenvalue weighted by molar-refractivity contribution is 0.205. The van der Waals surface area contributed by atoms with Crippen LogP contribution in [0.5, 0.6) is 5.75 Å². The van der Waals surface area contributed by atoms with Gasteiger partial charge in [-0.25, -0.2) is 4.98 Å². The van der Waals surface area contributed by atoms with E-state index >= 15 is 0 Å². The molecular weight excluding hydrogens is 290 g/mol. The highest BCUT2D eigenvalue weighted by Crippen LogP contribution is 2.26. The van der Waals surface area contributed by atoms with E-state index in [9.17, 15) is 0 Å². The van der Waals surface area contributed by atoms with Crippen LogP contribution in [0.25, 0.3) is 10.9 Å². The van der Waals surface area contributed by atoms with Gasteiger partial charge in [-0.2, -0.15) is 0 Å². The highest BCUT2D eigenvalue weighted by Gasteiger charge is 2.17. The van der Waals surface area contributed by atoms with Gasteiger partial charge in [-0.1, -0.05) is 48.0 Å². The summed E-state index contributed by atoms with van der Waals surface area (Å²) in [4.78, 5) is 4.57. The standard InChI is InChI=1S/C15H18BrNO/c1-11-7-8-12-5-4-6-13(14(12)17-11)18-10-15(2,3)9-16/h4-8H,9-10H2,1-3H3. The van der Waals surface area contributed by atoms with E-state index in [2.05, 4.69) is 46.9 Å². The summed E-state index contributed by atoms with van der Waals surface area (Å²) in [5.41, 5.74) is 2.08. The third-order valence-corrected chi connectivity index (χ3v) is 4.32. The molecule has 0 radical (unpaired) electrons. The monoisotopic (exact) mass is 307 g/mol. The second-order valence-electron chi connectivity index (χ2n) is 5.37. The fourth-order valence-electron chi connectivity index (χ4n) is 1.65. The molecule has 0 saturated heterocycles. The van der Waals surface area contributed by atoms with E-state index in [1.165, 1.54) is 0 Å². The van der Waals surface area contributed by atoms with Crippen LogP contribution in [0.15, 0.2) is 30.3 Å². The Labute approximate surface area is 117 Å². The van der Waals surface area contributed by atoms with Crippen LogP contribution < -0.4 is 4.74 Å². The molecule has 0 aliphatic rings. The van der Waals surface area contributed by atoms with E-state index in [0.717, 1.165) is 27.7 Å². The maximum atomic E-state index is 5.94. The molecule has 0 amide bonds. The van der Waals surface area contributed by atoms with Crippen LogP contribution >= 0.6 is 15.9 Å². The summed E-state index contributed by atoms with van der Waals surface area (Å²) in [5.74, 6) is 0.866. The number of benzene rings is 1. The van der Waals surface area contributed by atoms with Gasteiger partial charge in [0.25, 0.3) is 0 Å². The SMILES string of the molecule is Cc1ccc2cccc(OCC(C)(C)CBr)c2n1. The van der Waals surface area contributed by atoms with Crippen LogP contribution in [0, 0.1) is 12.3 Å². The van der Waals surface area contributed by atoms with E-state index < -0.39 is 0 Å². The summed E-state index contributed by atoms with van der Waals surface area (Å²) in [6, 6.07) is 10.2. The Morgan fingerprint density at radius 2 is 2.00 bits per heavy atom. The number of alkyl halides is 1. The van der Waals surface area contributed by atoms with Gasteiger partial charge in [0.2, 0.25) is 0 Å². The Morgan fingerprint density at radius 3 is 2.72 bits per heavy atom. The Balaban J connectivity index is 2.30. The number of nitrogens with zero attached hydrogens (tertiary/aromatic N) is 1. The van der Waals surface area contributed by atoms with Crippen molar-refractivity contribution < 1.29 is 4.74 Å². The first kappa shape index (κ1) is 13.3. The van der Waals surface area contributed by atoms with Gasteiger partial charge in [-0.15, -0.1) is 0 Å². The quantitative estimate of drug-likeness (QED) is 0.784. The van der Waals surface area contributed by atoms with Crippen LogP contribution in [-0.2, 0) is 0 Å². The Kier molecular flexibility index (Phi) is 3.91. The normalized spacial score (nSPS) is 11.8. The van der Waals surface area contributed by atoms with E-state index in [1.807, 2.05) is 25.1 Å². The second-order valence-corrected chi connectivity index (χ2v) is 5.93. The molecule has 0 bridgehead atoms. The van der Waals surface area contributed by atoms with Crippen molar-refractivity contribution in [1.82, 2.24) is 4.98 Å². The lowest BCUT2D eigenvalue weighted by Gasteiger charge is -2.22. The minimum atomic E-state index is 0.117. The lowest BCUT2D eigenvalue weighted by Crippen LogP contribution is -2.22. The molecule has 3 heteroatoms. The fourth-order valence-corrected chi connectivity index (χ4v) is 1.81. The zero-order valence-electron chi connectivity index (χ0n) is 11.0. The van der Waals surface area contributed by atoms with Crippen molar-refractivity contribution >= 4 is 26.8 Å². The number of rotatable bonds is 4. The molecule has 0 unspecified atom stereocenters. The van der Waals surface area contributed by atoms with Gasteiger partial charge < -0.3 is 4.74 Å². The number of hydrogen-bond acceptors (Lipinski definition) is 2. The van der Waals surface area contributed by atoms with Crippen LogP contribution in [0.4, 0.5) is 0 Å². The molecule has 0 spiro atoms. The van der Waals surface area contributed by atoms with Gasteiger partial charge in [0.15, 0.2) is 0 Å². The second kappa shape index (κ2) is 5.27. The minimum absolute atomic E-state index is 0.117. The maximum absolute atomic E-state index is 5.94. The highest BCUT2D eigenvalue weighted by atomic mass is 79.9. The van der Waals surface area contributed by atoms with Crippen LogP contribution in [-0.4, -0.2) is 16.9 Å². The number of aryl methyl sites for hydroxylation is 1. The van der Waals surface area contributed by atoms with Gasteiger partial charge in [0.1, 0.15) is 11.3 Å². The van der Waals surface area contributed by atoms with Crippen LogP contribution in [0.3, 0.4) is 0 Å². The average molecular weight is 308 g/mol. The van der Waals surface area contributed by atoms with Crippen molar-refractivity contribution in [2.45, 2.75) is 20.8 Å². The van der Waals surface area contributed by atoms with Crippen molar-refractivity contribution in [3.05, 3.63) is 36.0 Å². The molecule has 0 atom stereocenters. The van der Waals surface area contributed by atoms with Crippen LogP contribution in [0.1, 0.15) is 19.5 Å². The molecule has 1 heterocycles. The highest BCUT2D eigenvalue weighted by molar-refractivity contribution is 9.09. The third-order valence-electron chi connectivity index (χ3n) is 2.80. The maximum Gasteiger partial charge on any atom is 0.145 e. The van der Waals surface area contributed by atoms with Gasteiger partial charge in [-0.3, -0.25) is 0 Å². The zero-order chi connectivity index (χ0) is 13.2. The van der Waals surface area contributed by atoms with Crippen molar-refractivity contribution in [3.8, 4) is 5.75 Å². The number of para-hydroxylation sites is 1. The first-order valence-corrected chi connectivity index (χ1v) is 7.19. The largest absolute Gasteiger partial charge is 0.491 e. The molecule has 0 aliphatic heterocycles. The summed E-state index contributed by atoms with van der Waals surface area (Å²) in [7, 11) is 0. The molecule has 2 aromatic rings. The van der Waals surface area contributed by atoms with Gasteiger partial charge in [-0.05, 0) is 19.1 Å². The van der Waals surface area contributed by atoms with Crippen molar-refractivity contribution in [2.75, 3.05) is 11.9 Å². The van der Waals surface area contributed by atoms with Crippen LogP contribution in [0.2, 0.25) is 0 Å². The summed E-state index contributed by atoms with van der Waals surface area (Å²) in [6.07, 6.45) is 0. The third kappa shape index (κ3) is 3.02. The Hall–Kier alpha value is -1.09. The van der Waals surface area contributed by atoms with E-state index in [-0.39, 0.29) is 5.41 Å². The molecule has 0 aliphatic carbocycles. The molecule has 2 rings (SSSR count). The fraction of sp³-hybridized carbons (Fsp3) is 0.400. The Bertz CT molecular complexity index is 551. The van der Waals surface area contributed by atoms with E-state index in [0.29, 0.717) is 6.61 Å². The van der Waals surface area contributed by atoms with Crippen molar-refractivity contribution in [1.29, 1.82) is 0 Å². The number of aromatic nitrogens is 1. The number of ether oxygens (including phenoxy) is 1. The molecule has 0 fully saturated rings. The van der Waals surface area contributed by atoms with E-state index in [1.54, 1.807) is 0 Å². The lowest BCUT2D eigenvalue weighted by atomic mass is 9.98. The first-order chi connectivity index (χ1) is 8.52. The predicted molar refractivity (Wildman–Crippen MR) is 79.6 cm³/mol. The number of halogens is 1. The summed E-state index contributed by atoms with van der Waals surface area (Å²) >= 11 is 3.51. The van der Waals surface area contributed by atoms with Gasteiger partial charge >= 0.3 is 0 Å². The first-order valence-electron chi connectivity index (χ1n) is 6.07. The van der Waals surface area contributed by atoms with Crippen molar-refractivity contribution in [3.63, 3.8) is 0 Å². The topological polar surface area (TPSA) is 22.1 Å². The zero-order valence-corrected chi connectivity index (χ0v) is 12.6. The molecule has 1 aromatic carbocycles. The summed E-state index contributed by atoms with van der Waals surface area (Å²) in [5, 5.41) is 2.03. The number of fused-ring (bicyclic) bond motifs is 1. The van der Waals surface area contributed by atoms with Gasteiger partial charge in [0.05, 0.1) is 6.61 Å². The molecule has 96 valence electrons. The Morgan fingerprint density at radius 1 is 1.22 bits per heavy atom. The summed E-state index contributed by atoms with van der Waals surface area (Å²) in [6.45, 7) is 7.02. The number of pyridine rings is 1. The molecule has 0 saturated carbocycles. The molecular formula is C15H18BrNO. The molecule has 18 heavy (non-hydrogen) atoms. The molecule has 0 N–H and O–H groups in total. The number of hydrogen-bond donors (Lipinski definition) is 0.